The highest BCUT2D eigenvalue weighted by Gasteiger charge is 2.32. The van der Waals surface area contributed by atoms with E-state index in [0.29, 0.717) is 0 Å². The molecule has 1 aromatic heterocycles. The first-order chi connectivity index (χ1) is 7.30. The maximum Gasteiger partial charge on any atom is 0.0815 e. The molecule has 0 radical (unpaired) electrons. The van der Waals surface area contributed by atoms with Crippen LogP contribution >= 0.6 is 11.3 Å². The highest BCUT2D eigenvalue weighted by atomic mass is 32.1. The summed E-state index contributed by atoms with van der Waals surface area (Å²) >= 11 is 1.71. The number of aromatic nitrogens is 1. The quantitative estimate of drug-likeness (QED) is 0.799. The van der Waals surface area contributed by atoms with Crippen molar-refractivity contribution in [3.63, 3.8) is 0 Å². The van der Waals surface area contributed by atoms with E-state index in [4.69, 9.17) is 5.73 Å². The fraction of sp³-hybridized carbons (Fsp3) is 0.417. The highest BCUT2D eigenvalue weighted by molar-refractivity contribution is 7.17. The van der Waals surface area contributed by atoms with Gasteiger partial charge < -0.3 is 5.73 Å². The second-order valence-corrected chi connectivity index (χ2v) is 5.22. The molecular formula is C12H14N2S. The van der Waals surface area contributed by atoms with E-state index < -0.39 is 0 Å². The monoisotopic (exact) mass is 218 g/mol. The van der Waals surface area contributed by atoms with Crippen molar-refractivity contribution in [2.24, 2.45) is 5.73 Å². The molecule has 1 aliphatic carbocycles. The molecule has 15 heavy (non-hydrogen) atoms. The Hall–Kier alpha value is -0.930. The molecule has 0 spiro atoms. The summed E-state index contributed by atoms with van der Waals surface area (Å²) < 4.78 is 1.28. The Labute approximate surface area is 93.1 Å². The molecular weight excluding hydrogens is 204 g/mol. The Bertz CT molecular complexity index is 483. The van der Waals surface area contributed by atoms with Gasteiger partial charge in [0.05, 0.1) is 15.7 Å². The fourth-order valence-electron chi connectivity index (χ4n) is 2.55. The van der Waals surface area contributed by atoms with Gasteiger partial charge in [-0.15, -0.1) is 11.3 Å². The summed E-state index contributed by atoms with van der Waals surface area (Å²) in [6.07, 6.45) is 4.74. The van der Waals surface area contributed by atoms with Crippen LogP contribution in [0.15, 0.2) is 23.7 Å². The minimum atomic E-state index is -0.0912. The molecule has 1 aromatic carbocycles. The zero-order valence-electron chi connectivity index (χ0n) is 8.57. The van der Waals surface area contributed by atoms with E-state index in [1.165, 1.54) is 23.1 Å². The molecule has 1 heterocycles. The molecule has 0 saturated heterocycles. The van der Waals surface area contributed by atoms with Gasteiger partial charge >= 0.3 is 0 Å². The van der Waals surface area contributed by atoms with Crippen molar-refractivity contribution in [1.82, 2.24) is 4.98 Å². The average Bonchev–Trinajstić information content (AvgIpc) is 2.85. The van der Waals surface area contributed by atoms with Gasteiger partial charge in [0, 0.05) is 5.54 Å². The number of nitrogens with two attached hydrogens (primary N) is 1. The van der Waals surface area contributed by atoms with E-state index in [1.807, 2.05) is 5.51 Å². The largest absolute Gasteiger partial charge is 0.321 e. The van der Waals surface area contributed by atoms with Crippen LogP contribution in [0.3, 0.4) is 0 Å². The van der Waals surface area contributed by atoms with Gasteiger partial charge in [0.1, 0.15) is 0 Å². The number of nitrogens with zero attached hydrogens (tertiary/aromatic N) is 1. The first kappa shape index (κ1) is 9.31. The maximum atomic E-state index is 6.48. The number of hydrogen-bond donors (Lipinski definition) is 1. The van der Waals surface area contributed by atoms with Crippen LogP contribution < -0.4 is 5.73 Å². The molecule has 1 saturated carbocycles. The zero-order valence-corrected chi connectivity index (χ0v) is 9.39. The third-order valence-corrected chi connectivity index (χ3v) is 4.26. The second-order valence-electron chi connectivity index (χ2n) is 4.37. The lowest BCUT2D eigenvalue weighted by Crippen LogP contribution is -2.33. The van der Waals surface area contributed by atoms with E-state index in [9.17, 15) is 0 Å². The summed E-state index contributed by atoms with van der Waals surface area (Å²) in [6, 6.07) is 6.31. The lowest BCUT2D eigenvalue weighted by molar-refractivity contribution is 0.466. The van der Waals surface area contributed by atoms with Gasteiger partial charge in [-0.2, -0.15) is 0 Å². The summed E-state index contributed by atoms with van der Waals surface area (Å²) in [6.45, 7) is 0. The number of rotatable bonds is 1. The second kappa shape index (κ2) is 3.29. The number of fused-ring (bicyclic) bond motifs is 1. The van der Waals surface area contributed by atoms with Crippen molar-refractivity contribution in [1.29, 1.82) is 0 Å². The third kappa shape index (κ3) is 1.38. The number of hydrogen-bond acceptors (Lipinski definition) is 3. The predicted molar refractivity (Wildman–Crippen MR) is 64.0 cm³/mol. The summed E-state index contributed by atoms with van der Waals surface area (Å²) in [4.78, 5) is 4.34. The number of thiazole rings is 1. The van der Waals surface area contributed by atoms with E-state index >= 15 is 0 Å². The van der Waals surface area contributed by atoms with Crippen LogP contribution in [0.4, 0.5) is 0 Å². The maximum absolute atomic E-state index is 6.48. The molecule has 3 heteroatoms. The van der Waals surface area contributed by atoms with Gasteiger partial charge in [-0.1, -0.05) is 25.0 Å². The van der Waals surface area contributed by atoms with Crippen LogP contribution in [0.1, 0.15) is 31.2 Å². The summed E-state index contributed by atoms with van der Waals surface area (Å²) in [5.74, 6) is 0. The zero-order chi connectivity index (χ0) is 10.3. The SMILES string of the molecule is NC1(c2cccc3ncsc23)CCCC1. The molecule has 0 amide bonds. The molecule has 2 N–H and O–H groups in total. The minimum Gasteiger partial charge on any atom is -0.321 e. The average molecular weight is 218 g/mol. The van der Waals surface area contributed by atoms with Crippen LogP contribution in [-0.2, 0) is 5.54 Å². The van der Waals surface area contributed by atoms with Gasteiger partial charge in [0.25, 0.3) is 0 Å². The molecule has 0 aliphatic heterocycles. The molecule has 2 nitrogen and oxygen atoms in total. The topological polar surface area (TPSA) is 38.9 Å². The van der Waals surface area contributed by atoms with Crippen molar-refractivity contribution in [3.8, 4) is 0 Å². The van der Waals surface area contributed by atoms with Crippen LogP contribution in [-0.4, -0.2) is 4.98 Å². The standard InChI is InChI=1S/C12H14N2S/c13-12(6-1-2-7-12)9-4-3-5-10-11(9)15-8-14-10/h3-5,8H,1-2,6-7,13H2. The van der Waals surface area contributed by atoms with Crippen LogP contribution in [0, 0.1) is 0 Å². The van der Waals surface area contributed by atoms with Crippen LogP contribution in [0.25, 0.3) is 10.2 Å². The Morgan fingerprint density at radius 2 is 2.07 bits per heavy atom. The van der Waals surface area contributed by atoms with Crippen molar-refractivity contribution in [2.45, 2.75) is 31.2 Å². The summed E-state index contributed by atoms with van der Waals surface area (Å²) in [7, 11) is 0. The Kier molecular flexibility index (Phi) is 2.04. The van der Waals surface area contributed by atoms with Crippen molar-refractivity contribution >= 4 is 21.6 Å². The van der Waals surface area contributed by atoms with Gasteiger partial charge in [0.15, 0.2) is 0 Å². The Morgan fingerprint density at radius 1 is 1.27 bits per heavy atom. The van der Waals surface area contributed by atoms with E-state index in [2.05, 4.69) is 23.2 Å². The van der Waals surface area contributed by atoms with Gasteiger partial charge in [-0.3, -0.25) is 0 Å². The van der Waals surface area contributed by atoms with E-state index in [-0.39, 0.29) is 5.54 Å². The summed E-state index contributed by atoms with van der Waals surface area (Å²) in [5.41, 5.74) is 10.7. The van der Waals surface area contributed by atoms with Gasteiger partial charge in [-0.25, -0.2) is 4.98 Å². The van der Waals surface area contributed by atoms with Crippen LogP contribution in [0.5, 0.6) is 0 Å². The molecule has 78 valence electrons. The molecule has 0 atom stereocenters. The summed E-state index contributed by atoms with van der Waals surface area (Å²) in [5, 5.41) is 0. The number of benzene rings is 1. The smallest absolute Gasteiger partial charge is 0.0815 e. The predicted octanol–water partition coefficient (Wildman–Crippen LogP) is 3.02. The molecule has 0 bridgehead atoms. The van der Waals surface area contributed by atoms with Crippen molar-refractivity contribution < 1.29 is 0 Å². The lowest BCUT2D eigenvalue weighted by atomic mass is 9.89. The third-order valence-electron chi connectivity index (χ3n) is 3.39. The molecule has 3 rings (SSSR count). The van der Waals surface area contributed by atoms with Crippen molar-refractivity contribution in [3.05, 3.63) is 29.3 Å². The molecule has 1 aliphatic rings. The molecule has 1 fully saturated rings. The normalized spacial score (nSPS) is 19.8. The highest BCUT2D eigenvalue weighted by Crippen LogP contribution is 2.40. The lowest BCUT2D eigenvalue weighted by Gasteiger charge is -2.24. The minimum absolute atomic E-state index is 0.0912. The Morgan fingerprint density at radius 3 is 2.87 bits per heavy atom. The van der Waals surface area contributed by atoms with Gasteiger partial charge in [-0.05, 0) is 24.5 Å². The molecule has 2 aromatic rings. The first-order valence-electron chi connectivity index (χ1n) is 5.41. The fourth-order valence-corrected chi connectivity index (χ4v) is 3.46. The van der Waals surface area contributed by atoms with Crippen LogP contribution in [0.2, 0.25) is 0 Å². The van der Waals surface area contributed by atoms with Crippen molar-refractivity contribution in [2.75, 3.05) is 0 Å². The molecule has 0 unspecified atom stereocenters. The van der Waals surface area contributed by atoms with E-state index in [0.717, 1.165) is 18.4 Å². The van der Waals surface area contributed by atoms with Gasteiger partial charge in [0.2, 0.25) is 0 Å². The Balaban J connectivity index is 2.21. The van der Waals surface area contributed by atoms with E-state index in [1.54, 1.807) is 11.3 Å². The first-order valence-corrected chi connectivity index (χ1v) is 6.29.